The molecule has 3 aromatic rings. The van der Waals surface area contributed by atoms with E-state index in [0.29, 0.717) is 11.1 Å². The molecule has 2 aromatic carbocycles. The van der Waals surface area contributed by atoms with Gasteiger partial charge in [0.05, 0.1) is 7.11 Å². The van der Waals surface area contributed by atoms with E-state index >= 15 is 0 Å². The van der Waals surface area contributed by atoms with Crippen molar-refractivity contribution in [2.75, 3.05) is 7.11 Å². The number of nitrogens with one attached hydrogen (secondary N) is 1. The highest BCUT2D eigenvalue weighted by atomic mass is 16.5. The highest BCUT2D eigenvalue weighted by Crippen LogP contribution is 2.27. The van der Waals surface area contributed by atoms with Crippen LogP contribution in [-0.4, -0.2) is 17.9 Å². The minimum Gasteiger partial charge on any atom is -0.496 e. The third-order valence-electron chi connectivity index (χ3n) is 4.18. The van der Waals surface area contributed by atoms with Crippen molar-refractivity contribution < 1.29 is 9.53 Å². The van der Waals surface area contributed by atoms with Crippen LogP contribution in [0.25, 0.3) is 10.9 Å². The average Bonchev–Trinajstić information content (AvgIpc) is 2.91. The second kappa shape index (κ2) is 5.34. The molecular formula is C19H19NO2. The van der Waals surface area contributed by atoms with Crippen molar-refractivity contribution in [1.29, 1.82) is 0 Å². The molecule has 0 amide bonds. The van der Waals surface area contributed by atoms with Gasteiger partial charge in [-0.05, 0) is 55.7 Å². The van der Waals surface area contributed by atoms with Gasteiger partial charge in [-0.25, -0.2) is 0 Å². The Bertz CT molecular complexity index is 875. The van der Waals surface area contributed by atoms with Crippen molar-refractivity contribution in [1.82, 2.24) is 4.98 Å². The normalized spacial score (nSPS) is 10.9. The van der Waals surface area contributed by atoms with Crippen LogP contribution < -0.4 is 4.74 Å². The van der Waals surface area contributed by atoms with E-state index in [1.54, 1.807) is 13.3 Å². The lowest BCUT2D eigenvalue weighted by Gasteiger charge is -2.10. The van der Waals surface area contributed by atoms with Crippen LogP contribution in [0.1, 0.15) is 32.6 Å². The fourth-order valence-electron chi connectivity index (χ4n) is 2.75. The van der Waals surface area contributed by atoms with E-state index in [-0.39, 0.29) is 5.78 Å². The lowest BCUT2D eigenvalue weighted by Crippen LogP contribution is -2.03. The molecule has 1 N–H and O–H groups in total. The van der Waals surface area contributed by atoms with Crippen molar-refractivity contribution >= 4 is 16.7 Å². The van der Waals surface area contributed by atoms with Crippen molar-refractivity contribution in [3.05, 3.63) is 64.3 Å². The highest BCUT2D eigenvalue weighted by molar-refractivity contribution is 6.16. The molecule has 0 aliphatic carbocycles. The van der Waals surface area contributed by atoms with Crippen LogP contribution >= 0.6 is 0 Å². The Morgan fingerprint density at radius 2 is 1.86 bits per heavy atom. The Morgan fingerprint density at radius 1 is 1.09 bits per heavy atom. The molecule has 0 aliphatic rings. The zero-order valence-corrected chi connectivity index (χ0v) is 13.3. The number of carbonyl (C=O) groups is 1. The molecule has 0 saturated heterocycles. The van der Waals surface area contributed by atoms with Gasteiger partial charge in [-0.1, -0.05) is 12.1 Å². The first-order valence-electron chi connectivity index (χ1n) is 7.29. The molecule has 0 atom stereocenters. The van der Waals surface area contributed by atoms with Crippen LogP contribution in [0, 0.1) is 20.8 Å². The van der Waals surface area contributed by atoms with Crippen LogP contribution in [0.4, 0.5) is 0 Å². The third-order valence-corrected chi connectivity index (χ3v) is 4.18. The molecule has 22 heavy (non-hydrogen) atoms. The number of methoxy groups -OCH3 is 1. The van der Waals surface area contributed by atoms with Crippen molar-refractivity contribution in [2.24, 2.45) is 0 Å². The summed E-state index contributed by atoms with van der Waals surface area (Å²) in [6, 6.07) is 9.80. The quantitative estimate of drug-likeness (QED) is 0.730. The summed E-state index contributed by atoms with van der Waals surface area (Å²) in [4.78, 5) is 16.0. The second-order valence-electron chi connectivity index (χ2n) is 5.70. The first-order chi connectivity index (χ1) is 10.5. The van der Waals surface area contributed by atoms with Crippen LogP contribution in [0.15, 0.2) is 36.5 Å². The van der Waals surface area contributed by atoms with Gasteiger partial charge in [0, 0.05) is 28.2 Å². The zero-order chi connectivity index (χ0) is 15.9. The number of ether oxygens (including phenoxy) is 1. The lowest BCUT2D eigenvalue weighted by molar-refractivity contribution is 0.104. The highest BCUT2D eigenvalue weighted by Gasteiger charge is 2.16. The van der Waals surface area contributed by atoms with E-state index in [1.165, 1.54) is 5.56 Å². The number of carbonyl (C=O) groups excluding carboxylic acids is 1. The number of aryl methyl sites for hydroxylation is 2. The number of hydrogen-bond acceptors (Lipinski definition) is 2. The molecule has 0 saturated carbocycles. The molecule has 3 nitrogen and oxygen atoms in total. The summed E-state index contributed by atoms with van der Waals surface area (Å²) in [5.74, 6) is 0.760. The SMILES string of the molecule is COc1cc(C(=O)c2c[nH]c3cc(C)ccc23)cc(C)c1C. The molecule has 0 unspecified atom stereocenters. The largest absolute Gasteiger partial charge is 0.496 e. The second-order valence-corrected chi connectivity index (χ2v) is 5.70. The maximum Gasteiger partial charge on any atom is 0.195 e. The number of H-pyrrole nitrogens is 1. The molecular weight excluding hydrogens is 274 g/mol. The number of benzene rings is 2. The molecule has 1 aromatic heterocycles. The number of aromatic nitrogens is 1. The average molecular weight is 293 g/mol. The standard InChI is InChI=1S/C19H19NO2/c1-11-5-6-15-16(10-20-17(15)7-11)19(21)14-8-12(2)13(3)18(9-14)22-4/h5-10,20H,1-4H3. The zero-order valence-electron chi connectivity index (χ0n) is 13.3. The summed E-state index contributed by atoms with van der Waals surface area (Å²) in [5.41, 5.74) is 5.62. The smallest absolute Gasteiger partial charge is 0.195 e. The third kappa shape index (κ3) is 2.29. The molecule has 1 heterocycles. The molecule has 112 valence electrons. The number of aromatic amines is 1. The van der Waals surface area contributed by atoms with Gasteiger partial charge >= 0.3 is 0 Å². The van der Waals surface area contributed by atoms with Gasteiger partial charge in [0.1, 0.15) is 5.75 Å². The summed E-state index contributed by atoms with van der Waals surface area (Å²) >= 11 is 0. The molecule has 3 heteroatoms. The summed E-state index contributed by atoms with van der Waals surface area (Å²) in [6.45, 7) is 6.03. The number of hydrogen-bond donors (Lipinski definition) is 1. The van der Waals surface area contributed by atoms with Crippen LogP contribution in [0.3, 0.4) is 0 Å². The van der Waals surface area contributed by atoms with Gasteiger partial charge in [0.25, 0.3) is 0 Å². The summed E-state index contributed by atoms with van der Waals surface area (Å²) < 4.78 is 5.38. The Labute approximate surface area is 129 Å². The van der Waals surface area contributed by atoms with Crippen molar-refractivity contribution in [2.45, 2.75) is 20.8 Å². The molecule has 0 aliphatic heterocycles. The number of rotatable bonds is 3. The maximum atomic E-state index is 12.9. The van der Waals surface area contributed by atoms with Crippen LogP contribution in [0.5, 0.6) is 5.75 Å². The van der Waals surface area contributed by atoms with E-state index in [2.05, 4.69) is 4.98 Å². The van der Waals surface area contributed by atoms with E-state index in [0.717, 1.165) is 27.8 Å². The molecule has 0 spiro atoms. The van der Waals surface area contributed by atoms with Crippen molar-refractivity contribution in [3.8, 4) is 5.75 Å². The molecule has 3 rings (SSSR count). The lowest BCUT2D eigenvalue weighted by atomic mass is 9.98. The van der Waals surface area contributed by atoms with E-state index < -0.39 is 0 Å². The predicted molar refractivity (Wildman–Crippen MR) is 88.9 cm³/mol. The first kappa shape index (κ1) is 14.4. The summed E-state index contributed by atoms with van der Waals surface area (Å²) in [6.07, 6.45) is 1.79. The summed E-state index contributed by atoms with van der Waals surface area (Å²) in [5, 5.41) is 0.952. The minimum absolute atomic E-state index is 0.0107. The van der Waals surface area contributed by atoms with Gasteiger partial charge in [0.15, 0.2) is 5.78 Å². The topological polar surface area (TPSA) is 42.1 Å². The Morgan fingerprint density at radius 3 is 2.59 bits per heavy atom. The number of fused-ring (bicyclic) bond motifs is 1. The molecule has 0 fully saturated rings. The van der Waals surface area contributed by atoms with Crippen LogP contribution in [-0.2, 0) is 0 Å². The predicted octanol–water partition coefficient (Wildman–Crippen LogP) is 4.33. The first-order valence-corrected chi connectivity index (χ1v) is 7.29. The summed E-state index contributed by atoms with van der Waals surface area (Å²) in [7, 11) is 1.63. The van der Waals surface area contributed by atoms with Gasteiger partial charge in [0.2, 0.25) is 0 Å². The van der Waals surface area contributed by atoms with Crippen LogP contribution in [0.2, 0.25) is 0 Å². The fourth-order valence-corrected chi connectivity index (χ4v) is 2.75. The minimum atomic E-state index is 0.0107. The Hall–Kier alpha value is -2.55. The Balaban J connectivity index is 2.12. The van der Waals surface area contributed by atoms with Gasteiger partial charge in [-0.3, -0.25) is 4.79 Å². The van der Waals surface area contributed by atoms with E-state index in [1.807, 2.05) is 51.1 Å². The van der Waals surface area contributed by atoms with Gasteiger partial charge < -0.3 is 9.72 Å². The van der Waals surface area contributed by atoms with Gasteiger partial charge in [-0.15, -0.1) is 0 Å². The maximum absolute atomic E-state index is 12.9. The monoisotopic (exact) mass is 293 g/mol. The Kier molecular flexibility index (Phi) is 3.49. The number of ketones is 1. The molecule has 0 bridgehead atoms. The fraction of sp³-hybridized carbons (Fsp3) is 0.211. The van der Waals surface area contributed by atoms with Crippen molar-refractivity contribution in [3.63, 3.8) is 0 Å². The molecule has 0 radical (unpaired) electrons. The van der Waals surface area contributed by atoms with E-state index in [4.69, 9.17) is 4.74 Å². The van der Waals surface area contributed by atoms with Gasteiger partial charge in [-0.2, -0.15) is 0 Å². The van der Waals surface area contributed by atoms with E-state index in [9.17, 15) is 4.79 Å².